The van der Waals surface area contributed by atoms with Gasteiger partial charge in [-0.3, -0.25) is 4.79 Å². The molecule has 2 heterocycles. The van der Waals surface area contributed by atoms with E-state index in [0.29, 0.717) is 12.5 Å². The van der Waals surface area contributed by atoms with Crippen molar-refractivity contribution < 1.29 is 18.8 Å². The molecule has 6 heteroatoms. The predicted octanol–water partition coefficient (Wildman–Crippen LogP) is 2.40. The van der Waals surface area contributed by atoms with Crippen LogP contribution in [0.25, 0.3) is 0 Å². The molecular weight excluding hydrogens is 293 g/mol. The number of hydrogen-bond acceptors (Lipinski definition) is 5. The minimum atomic E-state index is -0.263. The number of ether oxygens (including phenoxy) is 1. The molecule has 3 atom stereocenters. The highest BCUT2D eigenvalue weighted by Crippen LogP contribution is 2.62. The minimum Gasteiger partial charge on any atom is -0.465 e. The standard InChI is InChI=1S/C17H30BNO4/c1-6-21-14(20)13-17(8-10-19-13)11-12(17)7-9-18-22-15(2,3)16(4,5)23-18/h12-13,19H,6-11H2,1-5H3. The van der Waals surface area contributed by atoms with Crippen LogP contribution in [0.15, 0.2) is 0 Å². The Balaban J connectivity index is 1.53. The molecule has 2 aliphatic heterocycles. The highest BCUT2D eigenvalue weighted by Gasteiger charge is 2.63. The summed E-state index contributed by atoms with van der Waals surface area (Å²) in [5, 5.41) is 3.34. The summed E-state index contributed by atoms with van der Waals surface area (Å²) in [4.78, 5) is 12.1. The van der Waals surface area contributed by atoms with Gasteiger partial charge in [-0.25, -0.2) is 0 Å². The average molecular weight is 323 g/mol. The molecule has 1 saturated carbocycles. The molecule has 2 saturated heterocycles. The van der Waals surface area contributed by atoms with E-state index in [1.165, 1.54) is 0 Å². The molecule has 0 bridgehead atoms. The average Bonchev–Trinajstić information content (AvgIpc) is 2.85. The van der Waals surface area contributed by atoms with E-state index < -0.39 is 0 Å². The molecule has 3 unspecified atom stereocenters. The van der Waals surface area contributed by atoms with Crippen molar-refractivity contribution in [2.75, 3.05) is 13.2 Å². The Bertz CT molecular complexity index is 465. The van der Waals surface area contributed by atoms with Gasteiger partial charge in [0.15, 0.2) is 0 Å². The molecule has 0 aromatic heterocycles. The van der Waals surface area contributed by atoms with E-state index in [2.05, 4.69) is 33.0 Å². The zero-order chi connectivity index (χ0) is 16.9. The summed E-state index contributed by atoms with van der Waals surface area (Å²) >= 11 is 0. The third-order valence-electron chi connectivity index (χ3n) is 6.37. The van der Waals surface area contributed by atoms with Crippen LogP contribution in [-0.4, -0.2) is 43.5 Å². The van der Waals surface area contributed by atoms with E-state index in [0.717, 1.165) is 32.1 Å². The summed E-state index contributed by atoms with van der Waals surface area (Å²) in [5.74, 6) is 0.495. The van der Waals surface area contributed by atoms with Gasteiger partial charge in [0.2, 0.25) is 0 Å². The molecule has 23 heavy (non-hydrogen) atoms. The molecule has 5 nitrogen and oxygen atoms in total. The molecular formula is C17H30BNO4. The van der Waals surface area contributed by atoms with Crippen LogP contribution in [0, 0.1) is 11.3 Å². The quantitative estimate of drug-likeness (QED) is 0.622. The van der Waals surface area contributed by atoms with Gasteiger partial charge in [-0.1, -0.05) is 6.42 Å². The predicted molar refractivity (Wildman–Crippen MR) is 89.1 cm³/mol. The topological polar surface area (TPSA) is 56.8 Å². The molecule has 3 fully saturated rings. The molecule has 1 spiro atoms. The maximum atomic E-state index is 12.1. The van der Waals surface area contributed by atoms with Crippen molar-refractivity contribution in [3.05, 3.63) is 0 Å². The van der Waals surface area contributed by atoms with Gasteiger partial charge in [0.25, 0.3) is 0 Å². The molecule has 130 valence electrons. The van der Waals surface area contributed by atoms with E-state index in [1.807, 2.05) is 6.92 Å². The number of hydrogen-bond donors (Lipinski definition) is 1. The number of esters is 1. The molecule has 3 rings (SSSR count). The van der Waals surface area contributed by atoms with Crippen LogP contribution in [0.3, 0.4) is 0 Å². The molecule has 3 aliphatic rings. The second-order valence-electron chi connectivity index (χ2n) is 8.29. The lowest BCUT2D eigenvalue weighted by molar-refractivity contribution is -0.146. The lowest BCUT2D eigenvalue weighted by atomic mass is 9.80. The van der Waals surface area contributed by atoms with Crippen molar-refractivity contribution in [3.63, 3.8) is 0 Å². The van der Waals surface area contributed by atoms with Crippen molar-refractivity contribution >= 4 is 13.1 Å². The Morgan fingerprint density at radius 1 is 1.26 bits per heavy atom. The van der Waals surface area contributed by atoms with Gasteiger partial charge in [-0.15, -0.1) is 0 Å². The second-order valence-corrected chi connectivity index (χ2v) is 8.29. The van der Waals surface area contributed by atoms with Crippen LogP contribution in [0.5, 0.6) is 0 Å². The summed E-state index contributed by atoms with van der Waals surface area (Å²) in [6.07, 6.45) is 4.14. The van der Waals surface area contributed by atoms with E-state index in [4.69, 9.17) is 14.0 Å². The van der Waals surface area contributed by atoms with Crippen molar-refractivity contribution in [1.82, 2.24) is 5.32 Å². The largest absolute Gasteiger partial charge is 0.465 e. The van der Waals surface area contributed by atoms with Crippen LogP contribution < -0.4 is 5.32 Å². The van der Waals surface area contributed by atoms with Gasteiger partial charge in [-0.05, 0) is 66.2 Å². The third-order valence-corrected chi connectivity index (χ3v) is 6.37. The summed E-state index contributed by atoms with van der Waals surface area (Å²) < 4.78 is 17.4. The maximum absolute atomic E-state index is 12.1. The maximum Gasteiger partial charge on any atom is 0.457 e. The molecule has 1 aliphatic carbocycles. The van der Waals surface area contributed by atoms with Crippen LogP contribution >= 0.6 is 0 Å². The smallest absolute Gasteiger partial charge is 0.457 e. The lowest BCUT2D eigenvalue weighted by Crippen LogP contribution is -2.41. The van der Waals surface area contributed by atoms with Crippen molar-refractivity contribution in [2.24, 2.45) is 11.3 Å². The number of carbonyl (C=O) groups excluding carboxylic acids is 1. The zero-order valence-electron chi connectivity index (χ0n) is 15.1. The fraction of sp³-hybridized carbons (Fsp3) is 0.941. The minimum absolute atomic E-state index is 0.0804. The van der Waals surface area contributed by atoms with E-state index in [-0.39, 0.29) is 35.7 Å². The van der Waals surface area contributed by atoms with E-state index >= 15 is 0 Å². The molecule has 0 amide bonds. The zero-order valence-corrected chi connectivity index (χ0v) is 15.1. The van der Waals surface area contributed by atoms with Crippen LogP contribution in [0.4, 0.5) is 0 Å². The highest BCUT2D eigenvalue weighted by atomic mass is 16.7. The highest BCUT2D eigenvalue weighted by molar-refractivity contribution is 6.45. The first kappa shape index (κ1) is 17.2. The Morgan fingerprint density at radius 2 is 1.91 bits per heavy atom. The number of rotatable bonds is 5. The van der Waals surface area contributed by atoms with Gasteiger partial charge < -0.3 is 19.4 Å². The first-order valence-corrected chi connectivity index (χ1v) is 8.97. The fourth-order valence-electron chi connectivity index (χ4n) is 4.21. The monoisotopic (exact) mass is 323 g/mol. The Labute approximate surface area is 140 Å². The van der Waals surface area contributed by atoms with Crippen molar-refractivity contribution in [3.8, 4) is 0 Å². The molecule has 1 N–H and O–H groups in total. The van der Waals surface area contributed by atoms with E-state index in [1.54, 1.807) is 0 Å². The van der Waals surface area contributed by atoms with Gasteiger partial charge in [-0.2, -0.15) is 0 Å². The Kier molecular flexibility index (Phi) is 4.31. The van der Waals surface area contributed by atoms with Crippen molar-refractivity contribution in [2.45, 2.75) is 77.4 Å². The first-order chi connectivity index (χ1) is 10.7. The Hall–Kier alpha value is -0.585. The van der Waals surface area contributed by atoms with Crippen molar-refractivity contribution in [1.29, 1.82) is 0 Å². The Morgan fingerprint density at radius 3 is 2.52 bits per heavy atom. The van der Waals surface area contributed by atoms with E-state index in [9.17, 15) is 4.79 Å². The number of nitrogens with one attached hydrogen (secondary N) is 1. The lowest BCUT2D eigenvalue weighted by Gasteiger charge is -2.32. The number of carbonyl (C=O) groups is 1. The first-order valence-electron chi connectivity index (χ1n) is 8.97. The molecule has 0 radical (unpaired) electrons. The van der Waals surface area contributed by atoms with Crippen LogP contribution in [-0.2, 0) is 18.8 Å². The van der Waals surface area contributed by atoms with Gasteiger partial charge in [0, 0.05) is 5.41 Å². The van der Waals surface area contributed by atoms with Gasteiger partial charge in [0.05, 0.1) is 17.8 Å². The van der Waals surface area contributed by atoms with Crippen LogP contribution in [0.2, 0.25) is 6.32 Å². The second kappa shape index (κ2) is 5.75. The summed E-state index contributed by atoms with van der Waals surface area (Å²) in [6.45, 7) is 11.6. The molecule has 0 aromatic carbocycles. The summed E-state index contributed by atoms with van der Waals surface area (Å²) in [5.41, 5.74) is -0.404. The van der Waals surface area contributed by atoms with Gasteiger partial charge in [0.1, 0.15) is 6.04 Å². The summed E-state index contributed by atoms with van der Waals surface area (Å²) in [7, 11) is -0.131. The van der Waals surface area contributed by atoms with Crippen LogP contribution in [0.1, 0.15) is 53.9 Å². The fourth-order valence-corrected chi connectivity index (χ4v) is 4.21. The van der Waals surface area contributed by atoms with Gasteiger partial charge >= 0.3 is 13.1 Å². The summed E-state index contributed by atoms with van der Waals surface area (Å²) in [6, 6.07) is -0.120. The third kappa shape index (κ3) is 2.94. The molecule has 0 aromatic rings. The normalized spacial score (nSPS) is 37.3. The SMILES string of the molecule is CCOC(=O)C1NCCC12CC2CCB1OC(C)(C)C(C)(C)O1.